The molecule has 7 nitrogen and oxygen atoms in total. The average molecular weight is 385 g/mol. The van der Waals surface area contributed by atoms with Gasteiger partial charge in [0.1, 0.15) is 12.4 Å². The van der Waals surface area contributed by atoms with Crippen LogP contribution in [0.15, 0.2) is 48.5 Å². The van der Waals surface area contributed by atoms with E-state index in [1.165, 1.54) is 0 Å². The van der Waals surface area contributed by atoms with Gasteiger partial charge >= 0.3 is 0 Å². The fraction of sp³-hybridized carbons (Fsp3) is 0.333. The van der Waals surface area contributed by atoms with Crippen molar-refractivity contribution in [3.05, 3.63) is 48.5 Å². The Morgan fingerprint density at radius 3 is 2.32 bits per heavy atom. The number of methoxy groups -OCH3 is 1. The molecule has 0 bridgehead atoms. The third-order valence-corrected chi connectivity index (χ3v) is 3.77. The van der Waals surface area contributed by atoms with Crippen molar-refractivity contribution in [3.63, 3.8) is 0 Å². The highest BCUT2D eigenvalue weighted by molar-refractivity contribution is 5.94. The summed E-state index contributed by atoms with van der Waals surface area (Å²) in [7, 11) is 1.62. The molecule has 2 aromatic carbocycles. The quantitative estimate of drug-likeness (QED) is 0.515. The first-order valence-electron chi connectivity index (χ1n) is 9.26. The summed E-state index contributed by atoms with van der Waals surface area (Å²) in [5, 5.41) is 8.71. The highest BCUT2D eigenvalue weighted by Gasteiger charge is 2.05. The molecule has 0 fully saturated rings. The van der Waals surface area contributed by atoms with Gasteiger partial charge < -0.3 is 25.4 Å². The van der Waals surface area contributed by atoms with Crippen molar-refractivity contribution in [3.8, 4) is 5.75 Å². The van der Waals surface area contributed by atoms with E-state index in [1.807, 2.05) is 25.1 Å². The number of hydrogen-bond acceptors (Lipinski definition) is 5. The maximum atomic E-state index is 12.1. The van der Waals surface area contributed by atoms with Crippen LogP contribution < -0.4 is 20.7 Å². The van der Waals surface area contributed by atoms with E-state index in [4.69, 9.17) is 9.47 Å². The Morgan fingerprint density at radius 2 is 1.61 bits per heavy atom. The van der Waals surface area contributed by atoms with Gasteiger partial charge in [0.2, 0.25) is 11.8 Å². The molecule has 0 aromatic heterocycles. The van der Waals surface area contributed by atoms with Gasteiger partial charge in [-0.05, 0) is 48.9 Å². The highest BCUT2D eigenvalue weighted by Crippen LogP contribution is 2.17. The molecular weight excluding hydrogens is 358 g/mol. The molecule has 2 aromatic rings. The number of rotatable bonds is 11. The smallest absolute Gasteiger partial charge is 0.243 e. The lowest BCUT2D eigenvalue weighted by Gasteiger charge is -2.11. The summed E-state index contributed by atoms with van der Waals surface area (Å²) in [5.41, 5.74) is 2.14. The molecule has 0 unspecified atom stereocenters. The minimum Gasteiger partial charge on any atom is -0.491 e. The Hall–Kier alpha value is -3.06. The maximum Gasteiger partial charge on any atom is 0.243 e. The molecule has 0 radical (unpaired) electrons. The Balaban J connectivity index is 1.80. The summed E-state index contributed by atoms with van der Waals surface area (Å²) in [4.78, 5) is 23.8. The highest BCUT2D eigenvalue weighted by atomic mass is 16.5. The van der Waals surface area contributed by atoms with Crippen LogP contribution in [0.3, 0.4) is 0 Å². The number of anilines is 3. The van der Waals surface area contributed by atoms with E-state index in [9.17, 15) is 9.59 Å². The van der Waals surface area contributed by atoms with Gasteiger partial charge in [0, 0.05) is 30.6 Å². The van der Waals surface area contributed by atoms with Crippen LogP contribution in [-0.4, -0.2) is 38.7 Å². The third kappa shape index (κ3) is 7.67. The zero-order valence-electron chi connectivity index (χ0n) is 16.3. The molecule has 0 heterocycles. The van der Waals surface area contributed by atoms with Crippen molar-refractivity contribution in [2.75, 3.05) is 42.8 Å². The van der Waals surface area contributed by atoms with Crippen molar-refractivity contribution < 1.29 is 19.1 Å². The second-order valence-electron chi connectivity index (χ2n) is 6.15. The zero-order chi connectivity index (χ0) is 20.2. The van der Waals surface area contributed by atoms with Gasteiger partial charge in [-0.3, -0.25) is 9.59 Å². The van der Waals surface area contributed by atoms with Crippen molar-refractivity contribution >= 4 is 28.9 Å². The fourth-order valence-electron chi connectivity index (χ4n) is 2.42. The predicted molar refractivity (Wildman–Crippen MR) is 111 cm³/mol. The van der Waals surface area contributed by atoms with E-state index < -0.39 is 0 Å². The first-order valence-corrected chi connectivity index (χ1v) is 9.26. The average Bonchev–Trinajstić information content (AvgIpc) is 2.68. The lowest BCUT2D eigenvalue weighted by atomic mass is 10.2. The molecule has 0 aliphatic carbocycles. The molecule has 3 N–H and O–H groups in total. The Morgan fingerprint density at radius 1 is 0.893 bits per heavy atom. The number of ether oxygens (including phenoxy) is 2. The molecule has 150 valence electrons. The van der Waals surface area contributed by atoms with Crippen LogP contribution in [0.2, 0.25) is 0 Å². The van der Waals surface area contributed by atoms with E-state index in [-0.39, 0.29) is 18.4 Å². The summed E-state index contributed by atoms with van der Waals surface area (Å²) in [6, 6.07) is 14.4. The SMILES string of the molecule is CCCC(=O)Nc1cccc(NCC(=O)Nc2ccc(OCCOC)cc2)c1. The predicted octanol–water partition coefficient (Wildman–Crippen LogP) is 3.50. The topological polar surface area (TPSA) is 88.7 Å². The minimum atomic E-state index is -0.173. The summed E-state index contributed by atoms with van der Waals surface area (Å²) in [6.07, 6.45) is 1.28. The number of carbonyl (C=O) groups is 2. The lowest BCUT2D eigenvalue weighted by molar-refractivity contribution is -0.116. The van der Waals surface area contributed by atoms with Crippen LogP contribution in [0.1, 0.15) is 19.8 Å². The Kier molecular flexibility index (Phi) is 8.81. The van der Waals surface area contributed by atoms with Gasteiger partial charge in [-0.2, -0.15) is 0 Å². The first-order chi connectivity index (χ1) is 13.6. The minimum absolute atomic E-state index is 0.0213. The van der Waals surface area contributed by atoms with Crippen LogP contribution in [0.4, 0.5) is 17.1 Å². The lowest BCUT2D eigenvalue weighted by Crippen LogP contribution is -2.21. The summed E-state index contributed by atoms with van der Waals surface area (Å²) in [5.74, 6) is 0.524. The van der Waals surface area contributed by atoms with Gasteiger partial charge in [-0.15, -0.1) is 0 Å². The fourth-order valence-corrected chi connectivity index (χ4v) is 2.42. The number of hydrogen-bond donors (Lipinski definition) is 3. The van der Waals surface area contributed by atoms with Crippen LogP contribution >= 0.6 is 0 Å². The summed E-state index contributed by atoms with van der Waals surface area (Å²) in [6.45, 7) is 3.06. The Labute approximate surface area is 165 Å². The first kappa shape index (κ1) is 21.2. The van der Waals surface area contributed by atoms with Gasteiger partial charge in [0.15, 0.2) is 0 Å². The van der Waals surface area contributed by atoms with Crippen LogP contribution in [0.25, 0.3) is 0 Å². The van der Waals surface area contributed by atoms with Gasteiger partial charge in [-0.25, -0.2) is 0 Å². The maximum absolute atomic E-state index is 12.1. The summed E-state index contributed by atoms with van der Waals surface area (Å²) < 4.78 is 10.4. The van der Waals surface area contributed by atoms with Crippen LogP contribution in [-0.2, 0) is 14.3 Å². The summed E-state index contributed by atoms with van der Waals surface area (Å²) >= 11 is 0. The molecule has 0 atom stereocenters. The zero-order valence-corrected chi connectivity index (χ0v) is 16.3. The van der Waals surface area contributed by atoms with E-state index in [0.29, 0.717) is 31.0 Å². The van der Waals surface area contributed by atoms with Crippen molar-refractivity contribution in [1.29, 1.82) is 0 Å². The molecule has 0 aliphatic rings. The van der Waals surface area contributed by atoms with Crippen molar-refractivity contribution in [1.82, 2.24) is 0 Å². The second kappa shape index (κ2) is 11.6. The van der Waals surface area contributed by atoms with Crippen LogP contribution in [0.5, 0.6) is 5.75 Å². The number of nitrogens with one attached hydrogen (secondary N) is 3. The molecular formula is C21H27N3O4. The molecule has 0 saturated heterocycles. The largest absolute Gasteiger partial charge is 0.491 e. The van der Waals surface area contributed by atoms with Gasteiger partial charge in [0.05, 0.1) is 13.2 Å². The van der Waals surface area contributed by atoms with Gasteiger partial charge in [0.25, 0.3) is 0 Å². The Bertz CT molecular complexity index is 763. The van der Waals surface area contributed by atoms with E-state index >= 15 is 0 Å². The molecule has 0 spiro atoms. The molecule has 7 heteroatoms. The molecule has 0 saturated carbocycles. The van der Waals surface area contributed by atoms with E-state index in [1.54, 1.807) is 37.4 Å². The number of benzene rings is 2. The number of carbonyl (C=O) groups excluding carboxylic acids is 2. The van der Waals surface area contributed by atoms with Crippen molar-refractivity contribution in [2.24, 2.45) is 0 Å². The van der Waals surface area contributed by atoms with Crippen LogP contribution in [0, 0.1) is 0 Å². The normalized spacial score (nSPS) is 10.2. The van der Waals surface area contributed by atoms with E-state index in [2.05, 4.69) is 16.0 Å². The van der Waals surface area contributed by atoms with Gasteiger partial charge in [-0.1, -0.05) is 13.0 Å². The van der Waals surface area contributed by atoms with Crippen molar-refractivity contribution in [2.45, 2.75) is 19.8 Å². The molecule has 28 heavy (non-hydrogen) atoms. The third-order valence-electron chi connectivity index (χ3n) is 3.77. The van der Waals surface area contributed by atoms with E-state index in [0.717, 1.165) is 17.9 Å². The standard InChI is InChI=1S/C21H27N3O4/c1-3-5-20(25)24-18-7-4-6-17(14-18)22-15-21(26)23-16-8-10-19(11-9-16)28-13-12-27-2/h4,6-11,14,22H,3,5,12-13,15H2,1-2H3,(H,23,26)(H,24,25). The molecule has 0 aliphatic heterocycles. The monoisotopic (exact) mass is 385 g/mol. The second-order valence-corrected chi connectivity index (χ2v) is 6.15. The number of amides is 2. The molecule has 2 amide bonds. The molecule has 2 rings (SSSR count).